The number of rotatable bonds is 0. The Labute approximate surface area is 97.6 Å². The molecule has 2 rings (SSSR count). The molecule has 0 fully saturated rings. The van der Waals surface area contributed by atoms with Crippen molar-refractivity contribution in [2.45, 2.75) is 6.42 Å². The third-order valence-electron chi connectivity index (χ3n) is 2.64. The van der Waals surface area contributed by atoms with Crippen molar-refractivity contribution in [3.8, 4) is 18.2 Å². The number of carbonyl (C=O) groups is 1. The molecule has 17 heavy (non-hydrogen) atoms. The number of benzene rings is 1. The van der Waals surface area contributed by atoms with E-state index in [1.165, 1.54) is 6.07 Å². The smallest absolute Gasteiger partial charge is 0.167 e. The fourth-order valence-corrected chi connectivity index (χ4v) is 1.84. The first-order valence-electron chi connectivity index (χ1n) is 4.82. The average Bonchev–Trinajstić information content (AvgIpc) is 2.68. The lowest BCUT2D eigenvalue weighted by Gasteiger charge is -1.99. The molecule has 0 aromatic heterocycles. The largest absolute Gasteiger partial charge is 0.294 e. The Balaban J connectivity index is 2.71. The van der Waals surface area contributed by atoms with Crippen molar-refractivity contribution in [3.05, 3.63) is 40.5 Å². The van der Waals surface area contributed by atoms with Crippen molar-refractivity contribution < 1.29 is 4.79 Å². The number of ketones is 1. The minimum atomic E-state index is -0.157. The first-order valence-corrected chi connectivity index (χ1v) is 4.82. The van der Waals surface area contributed by atoms with Crippen molar-refractivity contribution in [2.24, 2.45) is 0 Å². The van der Waals surface area contributed by atoms with Crippen LogP contribution in [0.2, 0.25) is 0 Å². The number of nitrogens with zero attached hydrogens (tertiary/aromatic N) is 3. The summed E-state index contributed by atoms with van der Waals surface area (Å²) in [5.74, 6) is -0.157. The highest BCUT2D eigenvalue weighted by molar-refractivity contribution is 6.13. The maximum Gasteiger partial charge on any atom is 0.167 e. The number of hydrogen-bond acceptors (Lipinski definition) is 4. The van der Waals surface area contributed by atoms with Gasteiger partial charge in [-0.3, -0.25) is 4.79 Å². The van der Waals surface area contributed by atoms with Gasteiger partial charge in [-0.1, -0.05) is 6.07 Å². The Morgan fingerprint density at radius 2 is 1.82 bits per heavy atom. The molecule has 4 nitrogen and oxygen atoms in total. The van der Waals surface area contributed by atoms with Crippen molar-refractivity contribution >= 4 is 11.4 Å². The van der Waals surface area contributed by atoms with E-state index in [0.29, 0.717) is 22.3 Å². The minimum absolute atomic E-state index is 0.0400. The van der Waals surface area contributed by atoms with Gasteiger partial charge in [0.25, 0.3) is 0 Å². The summed E-state index contributed by atoms with van der Waals surface area (Å²) in [7, 11) is 0. The highest BCUT2D eigenvalue weighted by Crippen LogP contribution is 2.34. The number of allylic oxidation sites excluding steroid dienone is 2. The zero-order valence-corrected chi connectivity index (χ0v) is 8.69. The molecule has 0 heterocycles. The Morgan fingerprint density at radius 3 is 2.41 bits per heavy atom. The van der Waals surface area contributed by atoms with Crippen LogP contribution in [-0.2, 0) is 0 Å². The second kappa shape index (κ2) is 3.93. The third-order valence-corrected chi connectivity index (χ3v) is 2.64. The Bertz CT molecular complexity index is 662. The van der Waals surface area contributed by atoms with Crippen LogP contribution in [0.25, 0.3) is 5.57 Å². The van der Waals surface area contributed by atoms with Gasteiger partial charge in [0.15, 0.2) is 5.78 Å². The summed E-state index contributed by atoms with van der Waals surface area (Å²) in [6.07, 6.45) is 0.0562. The Kier molecular flexibility index (Phi) is 2.45. The fourth-order valence-electron chi connectivity index (χ4n) is 1.84. The monoisotopic (exact) mass is 219 g/mol. The molecule has 0 saturated carbocycles. The Hall–Kier alpha value is -2.90. The summed E-state index contributed by atoms with van der Waals surface area (Å²) in [5.41, 5.74) is 1.82. The average molecular weight is 219 g/mol. The van der Waals surface area contributed by atoms with E-state index in [1.807, 2.05) is 6.07 Å². The summed E-state index contributed by atoms with van der Waals surface area (Å²) in [6, 6.07) is 10.2. The number of fused-ring (bicyclic) bond motifs is 1. The number of hydrogen-bond donors (Lipinski definition) is 0. The van der Waals surface area contributed by atoms with Gasteiger partial charge < -0.3 is 0 Å². The molecule has 1 aliphatic carbocycles. The molecule has 0 N–H and O–H groups in total. The predicted octanol–water partition coefficient (Wildman–Crippen LogP) is 1.95. The van der Waals surface area contributed by atoms with Gasteiger partial charge >= 0.3 is 0 Å². The predicted molar refractivity (Wildman–Crippen MR) is 58.3 cm³/mol. The summed E-state index contributed by atoms with van der Waals surface area (Å²) in [6.45, 7) is 0. The first kappa shape index (κ1) is 10.6. The van der Waals surface area contributed by atoms with E-state index in [-0.39, 0.29) is 17.8 Å². The molecule has 1 aromatic rings. The molecule has 0 unspecified atom stereocenters. The molecule has 0 amide bonds. The van der Waals surface area contributed by atoms with Crippen molar-refractivity contribution in [2.75, 3.05) is 0 Å². The zero-order valence-electron chi connectivity index (χ0n) is 8.69. The van der Waals surface area contributed by atoms with Gasteiger partial charge in [-0.15, -0.1) is 0 Å². The highest BCUT2D eigenvalue weighted by Gasteiger charge is 2.27. The van der Waals surface area contributed by atoms with Crippen LogP contribution >= 0.6 is 0 Å². The molecule has 78 valence electrons. The first-order chi connectivity index (χ1) is 8.21. The molecule has 0 radical (unpaired) electrons. The van der Waals surface area contributed by atoms with Gasteiger partial charge in [-0.05, 0) is 23.3 Å². The van der Waals surface area contributed by atoms with Gasteiger partial charge in [-0.25, -0.2) is 0 Å². The van der Waals surface area contributed by atoms with Gasteiger partial charge in [0, 0.05) is 12.0 Å². The molecular formula is C13H5N3O. The van der Waals surface area contributed by atoms with E-state index >= 15 is 0 Å². The molecule has 1 aromatic carbocycles. The minimum Gasteiger partial charge on any atom is -0.294 e. The van der Waals surface area contributed by atoms with E-state index in [1.54, 1.807) is 24.3 Å². The quantitative estimate of drug-likeness (QED) is 0.623. The second-order valence-corrected chi connectivity index (χ2v) is 3.55. The maximum absolute atomic E-state index is 11.7. The normalized spacial score (nSPS) is 12.3. The number of carbonyl (C=O) groups excluding carboxylic acids is 1. The van der Waals surface area contributed by atoms with Gasteiger partial charge in [0.2, 0.25) is 0 Å². The second-order valence-electron chi connectivity index (χ2n) is 3.55. The van der Waals surface area contributed by atoms with E-state index in [4.69, 9.17) is 15.8 Å². The number of Topliss-reactive ketones (excluding diaryl/α,β-unsaturated/α-hetero) is 1. The summed E-state index contributed by atoms with van der Waals surface area (Å²) < 4.78 is 0. The van der Waals surface area contributed by atoms with Crippen LogP contribution in [-0.4, -0.2) is 5.78 Å². The topological polar surface area (TPSA) is 88.4 Å². The van der Waals surface area contributed by atoms with Crippen molar-refractivity contribution in [1.82, 2.24) is 0 Å². The van der Waals surface area contributed by atoms with Gasteiger partial charge in [-0.2, -0.15) is 15.8 Å². The lowest BCUT2D eigenvalue weighted by atomic mass is 10.0. The SMILES string of the molecule is N#CC(C#N)=C1CC(=O)c2cc(C#N)ccc21. The lowest BCUT2D eigenvalue weighted by molar-refractivity contribution is 0.100. The molecule has 0 saturated heterocycles. The Morgan fingerprint density at radius 1 is 1.12 bits per heavy atom. The van der Waals surface area contributed by atoms with Crippen LogP contribution < -0.4 is 0 Å². The summed E-state index contributed by atoms with van der Waals surface area (Å²) >= 11 is 0. The summed E-state index contributed by atoms with van der Waals surface area (Å²) in [5, 5.41) is 26.4. The number of nitriles is 3. The van der Waals surface area contributed by atoms with Crippen LogP contribution in [0.3, 0.4) is 0 Å². The van der Waals surface area contributed by atoms with E-state index in [0.717, 1.165) is 0 Å². The maximum atomic E-state index is 11.7. The highest BCUT2D eigenvalue weighted by atomic mass is 16.1. The third kappa shape index (κ3) is 1.57. The van der Waals surface area contributed by atoms with Crippen LogP contribution in [0, 0.1) is 34.0 Å². The lowest BCUT2D eigenvalue weighted by Crippen LogP contribution is -1.91. The fraction of sp³-hybridized carbons (Fsp3) is 0.0769. The van der Waals surface area contributed by atoms with Gasteiger partial charge in [0.05, 0.1) is 11.6 Å². The van der Waals surface area contributed by atoms with Crippen molar-refractivity contribution in [3.63, 3.8) is 0 Å². The van der Waals surface area contributed by atoms with Gasteiger partial charge in [0.1, 0.15) is 17.7 Å². The zero-order chi connectivity index (χ0) is 12.4. The molecule has 0 aliphatic heterocycles. The van der Waals surface area contributed by atoms with Crippen LogP contribution in [0.4, 0.5) is 0 Å². The van der Waals surface area contributed by atoms with E-state index in [2.05, 4.69) is 0 Å². The van der Waals surface area contributed by atoms with E-state index < -0.39 is 0 Å². The van der Waals surface area contributed by atoms with Crippen molar-refractivity contribution in [1.29, 1.82) is 15.8 Å². The van der Waals surface area contributed by atoms with Crippen LogP contribution in [0.15, 0.2) is 23.8 Å². The van der Waals surface area contributed by atoms with Crippen LogP contribution in [0.5, 0.6) is 0 Å². The standard InChI is InChI=1S/C13H5N3O/c14-5-8-1-2-10-11(9(6-15)7-16)4-13(17)12(10)3-8/h1-3H,4H2. The van der Waals surface area contributed by atoms with Crippen LogP contribution in [0.1, 0.15) is 27.9 Å². The van der Waals surface area contributed by atoms with E-state index in [9.17, 15) is 4.79 Å². The molecule has 4 heteroatoms. The molecular weight excluding hydrogens is 214 g/mol. The molecule has 0 atom stereocenters. The molecule has 0 spiro atoms. The summed E-state index contributed by atoms with van der Waals surface area (Å²) in [4.78, 5) is 11.7. The molecule has 1 aliphatic rings. The molecule has 0 bridgehead atoms.